The molecule has 0 atom stereocenters. The van der Waals surface area contributed by atoms with Gasteiger partial charge in [0.1, 0.15) is 6.61 Å². The van der Waals surface area contributed by atoms with Crippen molar-refractivity contribution in [3.05, 3.63) is 0 Å². The monoisotopic (exact) mass is 188 g/mol. The van der Waals surface area contributed by atoms with E-state index in [9.17, 15) is 4.79 Å². The van der Waals surface area contributed by atoms with E-state index in [1.165, 1.54) is 0 Å². The van der Waals surface area contributed by atoms with Crippen LogP contribution in [0.2, 0.25) is 0 Å². The molecule has 0 saturated heterocycles. The molecule has 0 N–H and O–H groups in total. The number of hydrogen-bond acceptors (Lipinski definition) is 3. The molecular weight excluding hydrogens is 168 g/mol. The zero-order valence-electron chi connectivity index (χ0n) is 9.05. The van der Waals surface area contributed by atoms with Crippen molar-refractivity contribution >= 4 is 5.97 Å². The minimum absolute atomic E-state index is 0.139. The van der Waals surface area contributed by atoms with Crippen molar-refractivity contribution in [3.8, 4) is 0 Å². The van der Waals surface area contributed by atoms with Crippen LogP contribution in [0.3, 0.4) is 0 Å². The highest BCUT2D eigenvalue weighted by Gasteiger charge is 2.09. The molecule has 0 spiro atoms. The lowest BCUT2D eigenvalue weighted by molar-refractivity contribution is -0.146. The lowest BCUT2D eigenvalue weighted by Gasteiger charge is -2.19. The van der Waals surface area contributed by atoms with Gasteiger partial charge in [-0.2, -0.15) is 0 Å². The van der Waals surface area contributed by atoms with Crippen LogP contribution in [0.15, 0.2) is 0 Å². The van der Waals surface area contributed by atoms with Crippen molar-refractivity contribution in [2.24, 2.45) is 0 Å². The quantitative estimate of drug-likeness (QED) is 0.490. The van der Waals surface area contributed by atoms with E-state index in [1.807, 2.05) is 27.7 Å². The molecular formula is C10H20O3. The molecule has 3 nitrogen and oxygen atoms in total. The zero-order chi connectivity index (χ0) is 10.3. The second-order valence-corrected chi connectivity index (χ2v) is 3.93. The molecule has 0 aromatic rings. The van der Waals surface area contributed by atoms with E-state index in [1.54, 1.807) is 0 Å². The van der Waals surface area contributed by atoms with Gasteiger partial charge >= 0.3 is 5.97 Å². The van der Waals surface area contributed by atoms with Crippen molar-refractivity contribution in [2.75, 3.05) is 13.2 Å². The summed E-state index contributed by atoms with van der Waals surface area (Å²) in [7, 11) is 0. The molecule has 0 amide bonds. The largest absolute Gasteiger partial charge is 0.463 e. The van der Waals surface area contributed by atoms with Crippen LogP contribution in [-0.4, -0.2) is 24.8 Å². The van der Waals surface area contributed by atoms with Gasteiger partial charge in [-0.1, -0.05) is 6.92 Å². The lowest BCUT2D eigenvalue weighted by Crippen LogP contribution is -2.22. The predicted molar refractivity (Wildman–Crippen MR) is 51.6 cm³/mol. The van der Waals surface area contributed by atoms with Crippen LogP contribution in [0.25, 0.3) is 0 Å². The van der Waals surface area contributed by atoms with Gasteiger partial charge in [0.2, 0.25) is 0 Å². The molecule has 0 fully saturated rings. The fourth-order valence-electron chi connectivity index (χ4n) is 0.780. The smallest absolute Gasteiger partial charge is 0.305 e. The summed E-state index contributed by atoms with van der Waals surface area (Å²) in [6, 6.07) is 0. The van der Waals surface area contributed by atoms with E-state index >= 15 is 0 Å². The molecule has 0 aliphatic heterocycles. The summed E-state index contributed by atoms with van der Waals surface area (Å²) in [4.78, 5) is 10.9. The molecule has 0 aliphatic rings. The van der Waals surface area contributed by atoms with Crippen LogP contribution in [0, 0.1) is 0 Å². The van der Waals surface area contributed by atoms with E-state index in [0.29, 0.717) is 19.6 Å². The molecule has 0 heterocycles. The number of rotatable bonds is 5. The summed E-state index contributed by atoms with van der Waals surface area (Å²) in [5, 5.41) is 0. The predicted octanol–water partition coefficient (Wildman–Crippen LogP) is 2.14. The molecule has 0 rings (SSSR count). The maximum atomic E-state index is 10.9. The van der Waals surface area contributed by atoms with Gasteiger partial charge in [-0.05, 0) is 27.2 Å². The zero-order valence-corrected chi connectivity index (χ0v) is 9.05. The number of carbonyl (C=O) groups excluding carboxylic acids is 1. The Bertz CT molecular complexity index is 147. The lowest BCUT2D eigenvalue weighted by atomic mass is 10.2. The van der Waals surface area contributed by atoms with Crippen LogP contribution < -0.4 is 0 Å². The molecule has 78 valence electrons. The maximum Gasteiger partial charge on any atom is 0.305 e. The molecule has 0 aromatic heterocycles. The molecule has 0 radical (unpaired) electrons. The first-order valence-electron chi connectivity index (χ1n) is 4.75. The molecule has 0 bridgehead atoms. The van der Waals surface area contributed by atoms with Gasteiger partial charge in [0.05, 0.1) is 12.2 Å². The van der Waals surface area contributed by atoms with E-state index in [0.717, 1.165) is 6.42 Å². The molecule has 3 heteroatoms. The highest BCUT2D eigenvalue weighted by Crippen LogP contribution is 2.05. The highest BCUT2D eigenvalue weighted by atomic mass is 16.6. The van der Waals surface area contributed by atoms with Crippen molar-refractivity contribution in [3.63, 3.8) is 0 Å². The second-order valence-electron chi connectivity index (χ2n) is 3.93. The minimum atomic E-state index is -0.156. The fourth-order valence-corrected chi connectivity index (χ4v) is 0.780. The van der Waals surface area contributed by atoms with Crippen LogP contribution in [0.1, 0.15) is 40.5 Å². The van der Waals surface area contributed by atoms with E-state index < -0.39 is 0 Å². The van der Waals surface area contributed by atoms with Crippen molar-refractivity contribution in [1.82, 2.24) is 0 Å². The van der Waals surface area contributed by atoms with Crippen molar-refractivity contribution in [1.29, 1.82) is 0 Å². The first kappa shape index (κ1) is 12.4. The van der Waals surface area contributed by atoms with Gasteiger partial charge in [-0.15, -0.1) is 0 Å². The Labute approximate surface area is 80.4 Å². The molecule has 0 aromatic carbocycles. The average molecular weight is 188 g/mol. The summed E-state index contributed by atoms with van der Waals surface area (Å²) < 4.78 is 10.3. The Balaban J connectivity index is 3.31. The Morgan fingerprint density at radius 2 is 1.85 bits per heavy atom. The van der Waals surface area contributed by atoms with Crippen LogP contribution in [0.4, 0.5) is 0 Å². The standard InChI is InChI=1S/C10H20O3/c1-5-6-9(11)12-7-8-13-10(2,3)4/h5-8H2,1-4H3. The van der Waals surface area contributed by atoms with Crippen molar-refractivity contribution < 1.29 is 14.3 Å². The summed E-state index contributed by atoms with van der Waals surface area (Å²) in [6.45, 7) is 8.70. The van der Waals surface area contributed by atoms with Crippen LogP contribution in [0.5, 0.6) is 0 Å². The third kappa shape index (κ3) is 9.34. The normalized spacial score (nSPS) is 11.4. The van der Waals surface area contributed by atoms with Gasteiger partial charge < -0.3 is 9.47 Å². The van der Waals surface area contributed by atoms with Gasteiger partial charge in [-0.25, -0.2) is 0 Å². The Kier molecular flexibility index (Phi) is 5.71. The third-order valence-corrected chi connectivity index (χ3v) is 1.34. The Morgan fingerprint density at radius 3 is 2.31 bits per heavy atom. The number of carbonyl (C=O) groups is 1. The Morgan fingerprint density at radius 1 is 1.23 bits per heavy atom. The first-order chi connectivity index (χ1) is 5.95. The summed E-state index contributed by atoms with van der Waals surface area (Å²) in [5.74, 6) is -0.139. The minimum Gasteiger partial charge on any atom is -0.463 e. The molecule has 0 unspecified atom stereocenters. The molecule has 0 aliphatic carbocycles. The van der Waals surface area contributed by atoms with Gasteiger partial charge in [0.25, 0.3) is 0 Å². The molecule has 0 saturated carbocycles. The van der Waals surface area contributed by atoms with Gasteiger partial charge in [-0.3, -0.25) is 4.79 Å². The second kappa shape index (κ2) is 5.97. The Hall–Kier alpha value is -0.570. The number of ether oxygens (including phenoxy) is 2. The van der Waals surface area contributed by atoms with Gasteiger partial charge in [0.15, 0.2) is 0 Å². The SMILES string of the molecule is CCCC(=O)OCCOC(C)(C)C. The van der Waals surface area contributed by atoms with E-state index in [-0.39, 0.29) is 11.6 Å². The third-order valence-electron chi connectivity index (χ3n) is 1.34. The summed E-state index contributed by atoms with van der Waals surface area (Å²) >= 11 is 0. The maximum absolute atomic E-state index is 10.9. The van der Waals surface area contributed by atoms with Gasteiger partial charge in [0, 0.05) is 6.42 Å². The van der Waals surface area contributed by atoms with E-state index in [4.69, 9.17) is 9.47 Å². The van der Waals surface area contributed by atoms with Crippen LogP contribution in [-0.2, 0) is 14.3 Å². The van der Waals surface area contributed by atoms with Crippen LogP contribution >= 0.6 is 0 Å². The van der Waals surface area contributed by atoms with Crippen molar-refractivity contribution in [2.45, 2.75) is 46.1 Å². The topological polar surface area (TPSA) is 35.5 Å². The fraction of sp³-hybridized carbons (Fsp3) is 0.900. The van der Waals surface area contributed by atoms with E-state index in [2.05, 4.69) is 0 Å². The number of esters is 1. The molecule has 13 heavy (non-hydrogen) atoms. The first-order valence-corrected chi connectivity index (χ1v) is 4.75. The average Bonchev–Trinajstić information content (AvgIpc) is 1.97. The summed E-state index contributed by atoms with van der Waals surface area (Å²) in [6.07, 6.45) is 1.33. The highest BCUT2D eigenvalue weighted by molar-refractivity contribution is 5.69. The summed E-state index contributed by atoms with van der Waals surface area (Å²) in [5.41, 5.74) is -0.156. The number of hydrogen-bond donors (Lipinski definition) is 0.